The molecule has 7 heteroatoms. The molecule has 0 amide bonds. The second-order valence-electron chi connectivity index (χ2n) is 4.15. The van der Waals surface area contributed by atoms with E-state index in [0.29, 0.717) is 25.3 Å². The van der Waals surface area contributed by atoms with Gasteiger partial charge in [-0.1, -0.05) is 6.07 Å². The van der Waals surface area contributed by atoms with Crippen molar-refractivity contribution in [2.45, 2.75) is 19.1 Å². The van der Waals surface area contributed by atoms with Crippen molar-refractivity contribution in [3.63, 3.8) is 0 Å². The van der Waals surface area contributed by atoms with Gasteiger partial charge < -0.3 is 14.8 Å². The van der Waals surface area contributed by atoms with Crippen LogP contribution in [0.25, 0.3) is 0 Å². The third-order valence-corrected chi connectivity index (χ3v) is 2.45. The van der Waals surface area contributed by atoms with E-state index < -0.39 is 25.0 Å². The Kier molecular flexibility index (Phi) is 6.74. The van der Waals surface area contributed by atoms with E-state index in [1.54, 1.807) is 13.2 Å². The van der Waals surface area contributed by atoms with Crippen molar-refractivity contribution >= 4 is 0 Å². The molecule has 0 unspecified atom stereocenters. The summed E-state index contributed by atoms with van der Waals surface area (Å²) >= 11 is 0. The number of hydrogen-bond acceptors (Lipinski definition) is 3. The standard InChI is InChI=1S/C13H17F4NO2/c1-19-7-5-18-9-10-2-3-12(11(14)8-10)20-6-4-13(15,16)17/h2-3,8,18H,4-7,9H2,1H3. The van der Waals surface area contributed by atoms with E-state index in [9.17, 15) is 17.6 Å². The first-order valence-corrected chi connectivity index (χ1v) is 6.10. The maximum Gasteiger partial charge on any atom is 0.392 e. The second-order valence-corrected chi connectivity index (χ2v) is 4.15. The molecule has 1 aromatic carbocycles. The Bertz CT molecular complexity index is 410. The van der Waals surface area contributed by atoms with Gasteiger partial charge in [0.05, 0.1) is 19.6 Å². The van der Waals surface area contributed by atoms with Crippen LogP contribution in [0.3, 0.4) is 0 Å². The highest BCUT2D eigenvalue weighted by Crippen LogP contribution is 2.22. The van der Waals surface area contributed by atoms with E-state index in [4.69, 9.17) is 9.47 Å². The molecule has 0 saturated carbocycles. The van der Waals surface area contributed by atoms with E-state index in [1.807, 2.05) is 0 Å². The number of alkyl halides is 3. The Morgan fingerprint density at radius 2 is 1.95 bits per heavy atom. The minimum atomic E-state index is -4.30. The first-order valence-electron chi connectivity index (χ1n) is 6.10. The molecular weight excluding hydrogens is 278 g/mol. The molecule has 0 heterocycles. The number of rotatable bonds is 8. The van der Waals surface area contributed by atoms with Crippen molar-refractivity contribution in [1.29, 1.82) is 0 Å². The van der Waals surface area contributed by atoms with Crippen LogP contribution in [0.1, 0.15) is 12.0 Å². The molecule has 1 aromatic rings. The van der Waals surface area contributed by atoms with Crippen LogP contribution in [-0.4, -0.2) is 33.0 Å². The summed E-state index contributed by atoms with van der Waals surface area (Å²) in [6.45, 7) is 1.03. The lowest BCUT2D eigenvalue weighted by Gasteiger charge is -2.10. The first-order chi connectivity index (χ1) is 9.42. The minimum Gasteiger partial charge on any atom is -0.490 e. The Morgan fingerprint density at radius 3 is 2.55 bits per heavy atom. The van der Waals surface area contributed by atoms with Gasteiger partial charge in [0.1, 0.15) is 0 Å². The fourth-order valence-electron chi connectivity index (χ4n) is 1.46. The SMILES string of the molecule is COCCNCc1ccc(OCCC(F)(F)F)c(F)c1. The average molecular weight is 295 g/mol. The Morgan fingerprint density at radius 1 is 1.20 bits per heavy atom. The van der Waals surface area contributed by atoms with Gasteiger partial charge >= 0.3 is 6.18 Å². The zero-order valence-electron chi connectivity index (χ0n) is 11.1. The Hall–Kier alpha value is -1.34. The monoisotopic (exact) mass is 295 g/mol. The van der Waals surface area contributed by atoms with E-state index in [0.717, 1.165) is 0 Å². The number of halogens is 4. The molecule has 0 atom stereocenters. The first kappa shape index (κ1) is 16.7. The predicted molar refractivity (Wildman–Crippen MR) is 66.1 cm³/mol. The number of methoxy groups -OCH3 is 1. The van der Waals surface area contributed by atoms with Crippen LogP contribution in [0.15, 0.2) is 18.2 Å². The van der Waals surface area contributed by atoms with Crippen LogP contribution in [0.5, 0.6) is 5.75 Å². The van der Waals surface area contributed by atoms with Crippen molar-refractivity contribution in [1.82, 2.24) is 5.32 Å². The molecule has 0 aliphatic carbocycles. The summed E-state index contributed by atoms with van der Waals surface area (Å²) in [6.07, 6.45) is -5.41. The molecule has 0 fully saturated rings. The molecule has 0 radical (unpaired) electrons. The fourth-order valence-corrected chi connectivity index (χ4v) is 1.46. The van der Waals surface area contributed by atoms with Gasteiger partial charge in [0.2, 0.25) is 0 Å². The summed E-state index contributed by atoms with van der Waals surface area (Å²) in [6, 6.07) is 4.17. The van der Waals surface area contributed by atoms with Crippen molar-refractivity contribution < 1.29 is 27.0 Å². The number of hydrogen-bond donors (Lipinski definition) is 1. The maximum absolute atomic E-state index is 13.6. The fraction of sp³-hybridized carbons (Fsp3) is 0.538. The van der Waals surface area contributed by atoms with E-state index in [-0.39, 0.29) is 5.75 Å². The maximum atomic E-state index is 13.6. The van der Waals surface area contributed by atoms with Crippen LogP contribution in [-0.2, 0) is 11.3 Å². The lowest BCUT2D eigenvalue weighted by atomic mass is 10.2. The zero-order chi connectivity index (χ0) is 15.0. The molecule has 0 aromatic heterocycles. The Balaban J connectivity index is 2.43. The third-order valence-electron chi connectivity index (χ3n) is 2.45. The number of benzene rings is 1. The quantitative estimate of drug-likeness (QED) is 0.591. The van der Waals surface area contributed by atoms with Gasteiger partial charge in [-0.25, -0.2) is 4.39 Å². The van der Waals surface area contributed by atoms with Gasteiger partial charge in [-0.3, -0.25) is 0 Å². The highest BCUT2D eigenvalue weighted by Gasteiger charge is 2.27. The number of ether oxygens (including phenoxy) is 2. The normalized spacial score (nSPS) is 11.7. The largest absolute Gasteiger partial charge is 0.490 e. The summed E-state index contributed by atoms with van der Waals surface area (Å²) in [7, 11) is 1.58. The molecule has 0 saturated heterocycles. The molecule has 0 bridgehead atoms. The molecular formula is C13H17F4NO2. The zero-order valence-corrected chi connectivity index (χ0v) is 11.1. The molecule has 0 aliphatic heterocycles. The van der Waals surface area contributed by atoms with Gasteiger partial charge in [0, 0.05) is 20.2 Å². The van der Waals surface area contributed by atoms with E-state index in [1.165, 1.54) is 12.1 Å². The lowest BCUT2D eigenvalue weighted by molar-refractivity contribution is -0.139. The molecule has 114 valence electrons. The van der Waals surface area contributed by atoms with Crippen molar-refractivity contribution in [2.75, 3.05) is 26.9 Å². The van der Waals surface area contributed by atoms with Crippen molar-refractivity contribution in [2.24, 2.45) is 0 Å². The summed E-state index contributed by atoms with van der Waals surface area (Å²) in [4.78, 5) is 0. The highest BCUT2D eigenvalue weighted by molar-refractivity contribution is 5.29. The predicted octanol–water partition coefficient (Wildman–Crippen LogP) is 2.89. The van der Waals surface area contributed by atoms with Crippen molar-refractivity contribution in [3.8, 4) is 5.75 Å². The molecule has 0 spiro atoms. The molecule has 1 N–H and O–H groups in total. The minimum absolute atomic E-state index is 0.171. The second kappa shape index (κ2) is 8.06. The summed E-state index contributed by atoms with van der Waals surface area (Å²) < 4.78 is 59.0. The van der Waals surface area contributed by atoms with Gasteiger partial charge in [-0.15, -0.1) is 0 Å². The molecule has 3 nitrogen and oxygen atoms in total. The summed E-state index contributed by atoms with van der Waals surface area (Å²) in [5.74, 6) is -0.840. The lowest BCUT2D eigenvalue weighted by Crippen LogP contribution is -2.18. The molecule has 0 aliphatic rings. The highest BCUT2D eigenvalue weighted by atomic mass is 19.4. The van der Waals surface area contributed by atoms with Gasteiger partial charge in [0.15, 0.2) is 11.6 Å². The van der Waals surface area contributed by atoms with E-state index >= 15 is 0 Å². The molecule has 20 heavy (non-hydrogen) atoms. The third kappa shape index (κ3) is 6.72. The van der Waals surface area contributed by atoms with Crippen LogP contribution in [0, 0.1) is 5.82 Å². The number of nitrogens with one attached hydrogen (secondary N) is 1. The summed E-state index contributed by atoms with van der Waals surface area (Å²) in [5.41, 5.74) is 0.682. The van der Waals surface area contributed by atoms with Gasteiger partial charge in [-0.2, -0.15) is 13.2 Å². The topological polar surface area (TPSA) is 30.5 Å². The average Bonchev–Trinajstić information content (AvgIpc) is 2.36. The van der Waals surface area contributed by atoms with Crippen LogP contribution < -0.4 is 10.1 Å². The van der Waals surface area contributed by atoms with Crippen molar-refractivity contribution in [3.05, 3.63) is 29.6 Å². The molecule has 1 rings (SSSR count). The van der Waals surface area contributed by atoms with Crippen LogP contribution in [0.4, 0.5) is 17.6 Å². The summed E-state index contributed by atoms with van der Waals surface area (Å²) in [5, 5.41) is 3.03. The van der Waals surface area contributed by atoms with E-state index in [2.05, 4.69) is 5.32 Å². The Labute approximate surface area is 114 Å². The van der Waals surface area contributed by atoms with Gasteiger partial charge in [0.25, 0.3) is 0 Å². The van der Waals surface area contributed by atoms with Gasteiger partial charge in [-0.05, 0) is 17.7 Å². The smallest absolute Gasteiger partial charge is 0.392 e. The van der Waals surface area contributed by atoms with Crippen LogP contribution in [0.2, 0.25) is 0 Å². The van der Waals surface area contributed by atoms with Crippen LogP contribution >= 0.6 is 0 Å².